The van der Waals surface area contributed by atoms with Crippen molar-refractivity contribution in [2.24, 2.45) is 11.8 Å². The molecule has 0 aliphatic rings. The first-order valence-corrected chi connectivity index (χ1v) is 6.15. The van der Waals surface area contributed by atoms with Crippen molar-refractivity contribution < 1.29 is 49.1 Å². The molecule has 4 unspecified atom stereocenters. The summed E-state index contributed by atoms with van der Waals surface area (Å²) in [5.74, 6) is -11.9. The molecule has 0 saturated carbocycles. The molecule has 0 saturated heterocycles. The third kappa shape index (κ3) is 4.68. The van der Waals surface area contributed by atoms with Crippen LogP contribution in [-0.4, -0.2) is 54.9 Å². The highest BCUT2D eigenvalue weighted by Gasteiger charge is 2.46. The standard InChI is InChI=1S/C8H11O10P/c9-3(10)1-2(6(11)12)4(7(13)14)5(8(15)16)19(17)18/h2,4-5,19H,1H2,(H,9,10)(H,11,12)(H,13,14)(H,15,16)(H,17,18). The number of carboxylic acids is 4. The molecule has 0 aromatic rings. The van der Waals surface area contributed by atoms with Crippen LogP contribution in [0.15, 0.2) is 0 Å². The minimum atomic E-state index is -3.92. The van der Waals surface area contributed by atoms with Crippen molar-refractivity contribution in [2.45, 2.75) is 12.1 Å². The lowest BCUT2D eigenvalue weighted by molar-refractivity contribution is -0.159. The van der Waals surface area contributed by atoms with Crippen LogP contribution in [0.25, 0.3) is 0 Å². The van der Waals surface area contributed by atoms with Gasteiger partial charge in [0, 0.05) is 0 Å². The molecule has 4 atom stereocenters. The van der Waals surface area contributed by atoms with Crippen LogP contribution in [0.5, 0.6) is 0 Å². The maximum Gasteiger partial charge on any atom is 0.316 e. The summed E-state index contributed by atoms with van der Waals surface area (Å²) in [5, 5.41) is 34.8. The van der Waals surface area contributed by atoms with Crippen LogP contribution >= 0.6 is 8.03 Å². The Morgan fingerprint density at radius 2 is 1.37 bits per heavy atom. The van der Waals surface area contributed by atoms with Crippen LogP contribution < -0.4 is 0 Å². The third-order valence-corrected chi connectivity index (χ3v) is 3.46. The Labute approximate surface area is 106 Å². The van der Waals surface area contributed by atoms with Gasteiger partial charge in [-0.1, -0.05) is 0 Å². The molecule has 0 rings (SSSR count). The second-order valence-electron chi connectivity index (χ2n) is 3.56. The Hall–Kier alpha value is -1.93. The summed E-state index contributed by atoms with van der Waals surface area (Å²) in [5.41, 5.74) is -2.37. The van der Waals surface area contributed by atoms with E-state index in [0.29, 0.717) is 0 Å². The maximum atomic E-state index is 10.9. The lowest BCUT2D eigenvalue weighted by atomic mass is 9.86. The smallest absolute Gasteiger partial charge is 0.316 e. The van der Waals surface area contributed by atoms with Gasteiger partial charge in [-0.05, 0) is 0 Å². The van der Waals surface area contributed by atoms with Gasteiger partial charge in [0.2, 0.25) is 8.03 Å². The minimum Gasteiger partial charge on any atom is -0.481 e. The lowest BCUT2D eigenvalue weighted by Gasteiger charge is -2.22. The van der Waals surface area contributed by atoms with Gasteiger partial charge in [0.15, 0.2) is 0 Å². The Bertz CT molecular complexity index is 415. The van der Waals surface area contributed by atoms with Gasteiger partial charge in [-0.2, -0.15) is 0 Å². The molecular weight excluding hydrogens is 287 g/mol. The Morgan fingerprint density at radius 3 is 1.58 bits per heavy atom. The predicted molar refractivity (Wildman–Crippen MR) is 57.1 cm³/mol. The first-order valence-electron chi connectivity index (χ1n) is 4.72. The first-order chi connectivity index (χ1) is 8.59. The summed E-state index contributed by atoms with van der Waals surface area (Å²) in [6.45, 7) is 0. The van der Waals surface area contributed by atoms with Crippen LogP contribution in [-0.2, 0) is 23.7 Å². The number of aliphatic carboxylic acids is 4. The van der Waals surface area contributed by atoms with Crippen molar-refractivity contribution in [1.29, 1.82) is 0 Å². The van der Waals surface area contributed by atoms with Crippen LogP contribution in [0.2, 0.25) is 0 Å². The summed E-state index contributed by atoms with van der Waals surface area (Å²) in [7, 11) is -3.92. The van der Waals surface area contributed by atoms with Crippen molar-refractivity contribution in [3.8, 4) is 0 Å². The van der Waals surface area contributed by atoms with Crippen LogP contribution in [0.1, 0.15) is 6.42 Å². The molecule has 108 valence electrons. The van der Waals surface area contributed by atoms with Gasteiger partial charge in [-0.25, -0.2) is 0 Å². The monoisotopic (exact) mass is 298 g/mol. The zero-order valence-electron chi connectivity index (χ0n) is 9.22. The number of carboxylic acid groups (broad SMARTS) is 4. The first kappa shape index (κ1) is 17.1. The van der Waals surface area contributed by atoms with Crippen LogP contribution in [0, 0.1) is 11.8 Å². The summed E-state index contributed by atoms with van der Waals surface area (Å²) in [6, 6.07) is 0. The molecule has 0 aliphatic carbocycles. The van der Waals surface area contributed by atoms with E-state index in [4.69, 9.17) is 25.3 Å². The summed E-state index contributed by atoms with van der Waals surface area (Å²) in [6.07, 6.45) is -1.18. The van der Waals surface area contributed by atoms with E-state index >= 15 is 0 Å². The quantitative estimate of drug-likeness (QED) is 0.340. The van der Waals surface area contributed by atoms with Gasteiger partial charge in [0.05, 0.1) is 18.3 Å². The normalized spacial score (nSPS) is 16.9. The molecule has 5 N–H and O–H groups in total. The average Bonchev–Trinajstić information content (AvgIpc) is 2.20. The molecule has 0 heterocycles. The van der Waals surface area contributed by atoms with Gasteiger partial charge >= 0.3 is 23.9 Å². The van der Waals surface area contributed by atoms with Gasteiger partial charge < -0.3 is 25.3 Å². The summed E-state index contributed by atoms with van der Waals surface area (Å²) < 4.78 is 10.9. The molecule has 10 nitrogen and oxygen atoms in total. The highest BCUT2D eigenvalue weighted by molar-refractivity contribution is 7.40. The third-order valence-electron chi connectivity index (χ3n) is 2.32. The molecule has 0 aromatic carbocycles. The van der Waals surface area contributed by atoms with Crippen LogP contribution in [0.4, 0.5) is 0 Å². The average molecular weight is 298 g/mol. The predicted octanol–water partition coefficient (Wildman–Crippen LogP) is -1.22. The topological polar surface area (TPSA) is 186 Å². The fraction of sp³-hybridized carbons (Fsp3) is 0.500. The minimum absolute atomic E-state index is 1.18. The molecular formula is C8H11O10P. The SMILES string of the molecule is O=C(O)CC(C(=O)O)C(C(=O)O)C(C(=O)O)[PH](=O)O. The van der Waals surface area contributed by atoms with Gasteiger partial charge in [0.25, 0.3) is 0 Å². The van der Waals surface area contributed by atoms with E-state index in [0.717, 1.165) is 0 Å². The van der Waals surface area contributed by atoms with E-state index in [1.165, 1.54) is 0 Å². The van der Waals surface area contributed by atoms with Gasteiger partial charge in [-0.15, -0.1) is 0 Å². The molecule has 0 aromatic heterocycles. The molecule has 0 fully saturated rings. The fourth-order valence-electron chi connectivity index (χ4n) is 1.52. The molecule has 0 aliphatic heterocycles. The van der Waals surface area contributed by atoms with E-state index < -0.39 is 55.8 Å². The Balaban J connectivity index is 5.65. The van der Waals surface area contributed by atoms with Gasteiger partial charge in [0.1, 0.15) is 5.66 Å². The number of hydrogen-bond donors (Lipinski definition) is 5. The van der Waals surface area contributed by atoms with Crippen molar-refractivity contribution >= 4 is 31.9 Å². The lowest BCUT2D eigenvalue weighted by Crippen LogP contribution is -2.41. The molecule has 0 spiro atoms. The van der Waals surface area contributed by atoms with Crippen molar-refractivity contribution in [3.05, 3.63) is 0 Å². The molecule has 11 heteroatoms. The van der Waals surface area contributed by atoms with Crippen molar-refractivity contribution in [1.82, 2.24) is 0 Å². The van der Waals surface area contributed by atoms with E-state index in [2.05, 4.69) is 0 Å². The molecule has 19 heavy (non-hydrogen) atoms. The molecule has 0 amide bonds. The van der Waals surface area contributed by atoms with E-state index in [9.17, 15) is 23.7 Å². The number of hydrogen-bond acceptors (Lipinski definition) is 5. The van der Waals surface area contributed by atoms with E-state index in [1.54, 1.807) is 0 Å². The van der Waals surface area contributed by atoms with Crippen LogP contribution in [0.3, 0.4) is 0 Å². The van der Waals surface area contributed by atoms with Crippen molar-refractivity contribution in [2.75, 3.05) is 0 Å². The maximum absolute atomic E-state index is 10.9. The van der Waals surface area contributed by atoms with Crippen molar-refractivity contribution in [3.63, 3.8) is 0 Å². The van der Waals surface area contributed by atoms with E-state index in [1.807, 2.05) is 0 Å². The highest BCUT2D eigenvalue weighted by Crippen LogP contribution is 2.35. The number of rotatable bonds is 8. The number of carbonyl (C=O) groups is 4. The zero-order valence-corrected chi connectivity index (χ0v) is 10.2. The summed E-state index contributed by atoms with van der Waals surface area (Å²) in [4.78, 5) is 51.8. The Kier molecular flexibility index (Phi) is 6.16. The molecule has 0 bridgehead atoms. The van der Waals surface area contributed by atoms with Gasteiger partial charge in [-0.3, -0.25) is 23.7 Å². The second kappa shape index (κ2) is 6.86. The summed E-state index contributed by atoms with van der Waals surface area (Å²) >= 11 is 0. The fourth-order valence-corrected chi connectivity index (χ4v) is 2.41. The second-order valence-corrected chi connectivity index (χ2v) is 4.86. The zero-order chi connectivity index (χ0) is 15.3. The largest absolute Gasteiger partial charge is 0.481 e. The molecule has 0 radical (unpaired) electrons. The Morgan fingerprint density at radius 1 is 0.895 bits per heavy atom. The highest BCUT2D eigenvalue weighted by atomic mass is 31.1. The van der Waals surface area contributed by atoms with E-state index in [-0.39, 0.29) is 0 Å².